The Kier molecular flexibility index (Phi) is 5.29. The molecule has 1 aromatic carbocycles. The van der Waals surface area contributed by atoms with E-state index in [1.54, 1.807) is 6.20 Å². The highest BCUT2D eigenvalue weighted by Crippen LogP contribution is 2.17. The highest BCUT2D eigenvalue weighted by molar-refractivity contribution is 5.79. The summed E-state index contributed by atoms with van der Waals surface area (Å²) >= 11 is 0. The lowest BCUT2D eigenvalue weighted by atomic mass is 10.1. The van der Waals surface area contributed by atoms with Crippen LogP contribution in [0.3, 0.4) is 0 Å². The van der Waals surface area contributed by atoms with Gasteiger partial charge in [-0.05, 0) is 24.0 Å². The smallest absolute Gasteiger partial charge is 0.191 e. The average molecular weight is 311 g/mol. The quantitative estimate of drug-likeness (QED) is 0.659. The molecule has 5 nitrogen and oxygen atoms in total. The van der Waals surface area contributed by atoms with Gasteiger partial charge in [0.15, 0.2) is 5.96 Å². The number of hydrogen-bond acceptors (Lipinski definition) is 2. The van der Waals surface area contributed by atoms with Gasteiger partial charge in [0.05, 0.1) is 6.33 Å². The number of aromatic nitrogens is 2. The van der Waals surface area contributed by atoms with Gasteiger partial charge >= 0.3 is 0 Å². The van der Waals surface area contributed by atoms with Crippen molar-refractivity contribution >= 4 is 5.96 Å². The van der Waals surface area contributed by atoms with E-state index in [1.165, 1.54) is 36.8 Å². The molecule has 23 heavy (non-hydrogen) atoms. The predicted molar refractivity (Wildman–Crippen MR) is 93.4 cm³/mol. The van der Waals surface area contributed by atoms with E-state index in [-0.39, 0.29) is 0 Å². The SMILES string of the molecule is CN=C(NCc1ccc(Cn2ccnc2)cc1)NC1CCCC1. The van der Waals surface area contributed by atoms with E-state index < -0.39 is 0 Å². The highest BCUT2D eigenvalue weighted by Gasteiger charge is 2.15. The Hall–Kier alpha value is -2.30. The fraction of sp³-hybridized carbons (Fsp3) is 0.444. The van der Waals surface area contributed by atoms with Gasteiger partial charge in [-0.3, -0.25) is 4.99 Å². The van der Waals surface area contributed by atoms with Crippen LogP contribution in [-0.2, 0) is 13.1 Å². The predicted octanol–water partition coefficient (Wildman–Crippen LogP) is 2.54. The first-order valence-corrected chi connectivity index (χ1v) is 8.34. The van der Waals surface area contributed by atoms with Crippen molar-refractivity contribution in [3.05, 3.63) is 54.1 Å². The lowest BCUT2D eigenvalue weighted by Crippen LogP contribution is -2.41. The number of imidazole rings is 1. The third kappa shape index (κ3) is 4.58. The summed E-state index contributed by atoms with van der Waals surface area (Å²) in [5.41, 5.74) is 2.54. The lowest BCUT2D eigenvalue weighted by Gasteiger charge is -2.17. The molecule has 0 unspecified atom stereocenters. The normalized spacial score (nSPS) is 15.8. The van der Waals surface area contributed by atoms with Crippen molar-refractivity contribution in [1.82, 2.24) is 20.2 Å². The van der Waals surface area contributed by atoms with Crippen LogP contribution in [0.5, 0.6) is 0 Å². The molecule has 1 aromatic heterocycles. The molecule has 2 aromatic rings. The zero-order valence-corrected chi connectivity index (χ0v) is 13.7. The van der Waals surface area contributed by atoms with Crippen LogP contribution in [0.2, 0.25) is 0 Å². The van der Waals surface area contributed by atoms with Crippen LogP contribution in [-0.4, -0.2) is 28.6 Å². The summed E-state index contributed by atoms with van der Waals surface area (Å²) in [4.78, 5) is 8.39. The summed E-state index contributed by atoms with van der Waals surface area (Å²) in [5, 5.41) is 6.91. The summed E-state index contributed by atoms with van der Waals surface area (Å²) in [7, 11) is 1.83. The second-order valence-electron chi connectivity index (χ2n) is 6.10. The molecule has 0 bridgehead atoms. The van der Waals surface area contributed by atoms with Crippen molar-refractivity contribution in [2.24, 2.45) is 4.99 Å². The zero-order chi connectivity index (χ0) is 15.9. The Morgan fingerprint density at radius 3 is 2.61 bits per heavy atom. The topological polar surface area (TPSA) is 54.2 Å². The first-order valence-electron chi connectivity index (χ1n) is 8.34. The van der Waals surface area contributed by atoms with Crippen LogP contribution in [0.4, 0.5) is 0 Å². The largest absolute Gasteiger partial charge is 0.354 e. The molecule has 0 spiro atoms. The molecular weight excluding hydrogens is 286 g/mol. The van der Waals surface area contributed by atoms with Gasteiger partial charge in [-0.25, -0.2) is 4.98 Å². The van der Waals surface area contributed by atoms with Gasteiger partial charge in [0, 0.05) is 38.6 Å². The van der Waals surface area contributed by atoms with Gasteiger partial charge in [-0.2, -0.15) is 0 Å². The molecule has 1 heterocycles. The number of aliphatic imine (C=N–C) groups is 1. The molecule has 3 rings (SSSR count). The Morgan fingerprint density at radius 2 is 1.96 bits per heavy atom. The van der Waals surface area contributed by atoms with E-state index in [0.717, 1.165) is 19.0 Å². The molecule has 0 aliphatic heterocycles. The number of hydrogen-bond donors (Lipinski definition) is 2. The number of nitrogens with one attached hydrogen (secondary N) is 2. The van der Waals surface area contributed by atoms with Crippen molar-refractivity contribution in [3.63, 3.8) is 0 Å². The zero-order valence-electron chi connectivity index (χ0n) is 13.7. The molecular formula is C18H25N5. The minimum absolute atomic E-state index is 0.582. The van der Waals surface area contributed by atoms with Gasteiger partial charge in [0.2, 0.25) is 0 Å². The highest BCUT2D eigenvalue weighted by atomic mass is 15.2. The Labute approximate surface area is 137 Å². The molecule has 1 aliphatic carbocycles. The van der Waals surface area contributed by atoms with Crippen LogP contribution < -0.4 is 10.6 Å². The van der Waals surface area contributed by atoms with E-state index in [0.29, 0.717) is 6.04 Å². The van der Waals surface area contributed by atoms with Gasteiger partial charge < -0.3 is 15.2 Å². The van der Waals surface area contributed by atoms with Crippen LogP contribution in [0.25, 0.3) is 0 Å². The first kappa shape index (κ1) is 15.6. The average Bonchev–Trinajstić information content (AvgIpc) is 3.26. The second kappa shape index (κ2) is 7.81. The van der Waals surface area contributed by atoms with Crippen LogP contribution in [0, 0.1) is 0 Å². The standard InChI is InChI=1S/C18H25N5/c1-19-18(22-17-4-2-3-5-17)21-12-15-6-8-16(9-7-15)13-23-11-10-20-14-23/h6-11,14,17H,2-5,12-13H2,1H3,(H2,19,21,22). The van der Waals surface area contributed by atoms with E-state index in [9.17, 15) is 0 Å². The van der Waals surface area contributed by atoms with Crippen LogP contribution in [0.1, 0.15) is 36.8 Å². The third-order valence-corrected chi connectivity index (χ3v) is 4.33. The molecule has 0 amide bonds. The van der Waals surface area contributed by atoms with Crippen molar-refractivity contribution < 1.29 is 0 Å². The third-order valence-electron chi connectivity index (χ3n) is 4.33. The molecule has 122 valence electrons. The number of nitrogens with zero attached hydrogens (tertiary/aromatic N) is 3. The minimum atomic E-state index is 0.582. The Bertz CT molecular complexity index is 609. The van der Waals surface area contributed by atoms with Gasteiger partial charge in [0.1, 0.15) is 0 Å². The van der Waals surface area contributed by atoms with Crippen molar-refractivity contribution in [2.75, 3.05) is 7.05 Å². The summed E-state index contributed by atoms with van der Waals surface area (Å²) < 4.78 is 2.07. The molecule has 5 heteroatoms. The summed E-state index contributed by atoms with van der Waals surface area (Å²) in [5.74, 6) is 0.902. The van der Waals surface area contributed by atoms with E-state index in [2.05, 4.69) is 49.4 Å². The van der Waals surface area contributed by atoms with Gasteiger partial charge in [-0.1, -0.05) is 37.1 Å². The molecule has 1 saturated carbocycles. The molecule has 0 radical (unpaired) electrons. The number of guanidine groups is 1. The van der Waals surface area contributed by atoms with Crippen LogP contribution in [0.15, 0.2) is 48.0 Å². The molecule has 0 saturated heterocycles. The number of rotatable bonds is 5. The molecule has 2 N–H and O–H groups in total. The Balaban J connectivity index is 1.49. The fourth-order valence-corrected chi connectivity index (χ4v) is 3.00. The molecule has 0 atom stereocenters. The maximum atomic E-state index is 4.32. The van der Waals surface area contributed by atoms with Crippen molar-refractivity contribution in [2.45, 2.75) is 44.8 Å². The number of benzene rings is 1. The van der Waals surface area contributed by atoms with Crippen molar-refractivity contribution in [3.8, 4) is 0 Å². The molecule has 1 aliphatic rings. The first-order chi connectivity index (χ1) is 11.3. The monoisotopic (exact) mass is 311 g/mol. The van der Waals surface area contributed by atoms with Crippen molar-refractivity contribution in [1.29, 1.82) is 0 Å². The van der Waals surface area contributed by atoms with Gasteiger partial charge in [-0.15, -0.1) is 0 Å². The summed E-state index contributed by atoms with van der Waals surface area (Å²) in [6.45, 7) is 1.65. The van der Waals surface area contributed by atoms with Crippen LogP contribution >= 0.6 is 0 Å². The van der Waals surface area contributed by atoms with E-state index >= 15 is 0 Å². The Morgan fingerprint density at radius 1 is 1.22 bits per heavy atom. The maximum absolute atomic E-state index is 4.32. The summed E-state index contributed by atoms with van der Waals surface area (Å²) in [6.07, 6.45) is 10.8. The second-order valence-corrected chi connectivity index (χ2v) is 6.10. The lowest BCUT2D eigenvalue weighted by molar-refractivity contribution is 0.613. The van der Waals surface area contributed by atoms with E-state index in [1.807, 2.05) is 19.6 Å². The summed E-state index contributed by atoms with van der Waals surface area (Å²) in [6, 6.07) is 9.26. The maximum Gasteiger partial charge on any atom is 0.191 e. The fourth-order valence-electron chi connectivity index (χ4n) is 3.00. The van der Waals surface area contributed by atoms with Gasteiger partial charge in [0.25, 0.3) is 0 Å². The minimum Gasteiger partial charge on any atom is -0.354 e. The molecule has 1 fully saturated rings. The van der Waals surface area contributed by atoms with E-state index in [4.69, 9.17) is 0 Å².